The van der Waals surface area contributed by atoms with Gasteiger partial charge in [0.15, 0.2) is 6.61 Å². The van der Waals surface area contributed by atoms with E-state index in [1.54, 1.807) is 19.1 Å². The zero-order chi connectivity index (χ0) is 35.9. The number of hydrogen-bond acceptors (Lipinski definition) is 7. The van der Waals surface area contributed by atoms with Crippen molar-refractivity contribution in [3.8, 4) is 17.2 Å². The van der Waals surface area contributed by atoms with Crippen LogP contribution in [0.1, 0.15) is 36.1 Å². The lowest BCUT2D eigenvalue weighted by molar-refractivity contribution is -0.136. The topological polar surface area (TPSA) is 97.8 Å². The summed E-state index contributed by atoms with van der Waals surface area (Å²) in [5.41, 5.74) is 4.41. The van der Waals surface area contributed by atoms with Gasteiger partial charge in [0.2, 0.25) is 5.91 Å². The molecule has 10 heteroatoms. The van der Waals surface area contributed by atoms with Crippen LogP contribution in [0, 0.1) is 5.92 Å². The van der Waals surface area contributed by atoms with Gasteiger partial charge in [-0.3, -0.25) is 14.5 Å². The number of hydrogen-bond donors (Lipinski definition) is 1. The van der Waals surface area contributed by atoms with Gasteiger partial charge < -0.3 is 29.0 Å². The predicted octanol–water partition coefficient (Wildman–Crippen LogP) is 6.16. The highest BCUT2D eigenvalue weighted by atomic mass is 28.3. The van der Waals surface area contributed by atoms with E-state index in [0.717, 1.165) is 16.9 Å². The van der Waals surface area contributed by atoms with Gasteiger partial charge in [0.1, 0.15) is 23.4 Å². The molecule has 51 heavy (non-hydrogen) atoms. The molecule has 2 amide bonds. The second kappa shape index (κ2) is 14.2. The molecule has 5 atom stereocenters. The summed E-state index contributed by atoms with van der Waals surface area (Å²) in [6.45, 7) is 7.07. The lowest BCUT2D eigenvalue weighted by atomic mass is 9.86. The van der Waals surface area contributed by atoms with Crippen molar-refractivity contribution in [2.75, 3.05) is 32.3 Å². The summed E-state index contributed by atoms with van der Waals surface area (Å²) in [5, 5.41) is 11.6. The fraction of sp³-hybridized carbons (Fsp3) is 0.366. The third-order valence-corrected chi connectivity index (χ3v) is 15.4. The van der Waals surface area contributed by atoms with E-state index in [1.807, 2.05) is 71.6 Å². The van der Waals surface area contributed by atoms with Crippen molar-refractivity contribution in [2.45, 2.75) is 63.2 Å². The summed E-state index contributed by atoms with van der Waals surface area (Å²) < 4.78 is 24.4. The number of methoxy groups -OCH3 is 2. The minimum absolute atomic E-state index is 0.0121. The Bertz CT molecular complexity index is 1910. The number of ether oxygens (including phenoxy) is 4. The largest absolute Gasteiger partial charge is 0.497 e. The predicted molar refractivity (Wildman–Crippen MR) is 199 cm³/mol. The maximum Gasteiger partial charge on any atom is 0.269 e. The molecular weight excluding hydrogens is 661 g/mol. The number of carbonyl (C=O) groups is 2. The van der Waals surface area contributed by atoms with E-state index in [2.05, 4.69) is 44.3 Å². The molecule has 0 fully saturated rings. The Morgan fingerprint density at radius 1 is 0.961 bits per heavy atom. The molecule has 0 spiro atoms. The third-order valence-electron chi connectivity index (χ3n) is 11.2. The van der Waals surface area contributed by atoms with Crippen LogP contribution in [0.25, 0.3) is 0 Å². The SMILES string of the molecule is COc1ccc([Si](C)(C)C(CC(=O)N2Cc3ccccc3C[C@H]2CO)[C@H]2Oc3ccc(N4C(=O)COc5ccccc54)cc3[C@@H](OC)[C@@H]2C)cc1. The van der Waals surface area contributed by atoms with E-state index in [9.17, 15) is 14.7 Å². The first kappa shape index (κ1) is 34.8. The Labute approximate surface area is 300 Å². The molecule has 1 unspecified atom stereocenters. The maximum atomic E-state index is 14.5. The van der Waals surface area contributed by atoms with Crippen molar-refractivity contribution < 1.29 is 33.6 Å². The maximum absolute atomic E-state index is 14.5. The zero-order valence-electron chi connectivity index (χ0n) is 29.9. The van der Waals surface area contributed by atoms with E-state index in [4.69, 9.17) is 18.9 Å². The Kier molecular flexibility index (Phi) is 9.67. The Morgan fingerprint density at radius 3 is 2.41 bits per heavy atom. The van der Waals surface area contributed by atoms with Crippen molar-refractivity contribution >= 4 is 36.4 Å². The number of rotatable bonds is 9. The van der Waals surface area contributed by atoms with Crippen LogP contribution >= 0.6 is 0 Å². The normalized spacial score (nSPS) is 21.8. The average molecular weight is 707 g/mol. The van der Waals surface area contributed by atoms with Gasteiger partial charge in [0.05, 0.1) is 39.6 Å². The molecule has 9 nitrogen and oxygen atoms in total. The van der Waals surface area contributed by atoms with Crippen LogP contribution in [0.2, 0.25) is 18.6 Å². The van der Waals surface area contributed by atoms with E-state index in [0.29, 0.717) is 35.8 Å². The van der Waals surface area contributed by atoms with E-state index < -0.39 is 8.07 Å². The van der Waals surface area contributed by atoms with Gasteiger partial charge in [0.25, 0.3) is 5.91 Å². The lowest BCUT2D eigenvalue weighted by Gasteiger charge is -2.46. The Hall–Kier alpha value is -4.64. The summed E-state index contributed by atoms with van der Waals surface area (Å²) in [5.74, 6) is 1.84. The summed E-state index contributed by atoms with van der Waals surface area (Å²) in [6, 6.07) is 29.4. The molecule has 3 aliphatic heterocycles. The summed E-state index contributed by atoms with van der Waals surface area (Å²) in [6.07, 6.45) is 0.185. The fourth-order valence-corrected chi connectivity index (χ4v) is 11.6. The summed E-state index contributed by atoms with van der Waals surface area (Å²) >= 11 is 0. The first-order chi connectivity index (χ1) is 24.6. The number of aliphatic hydroxyl groups excluding tert-OH is 1. The van der Waals surface area contributed by atoms with E-state index >= 15 is 0 Å². The van der Waals surface area contributed by atoms with Gasteiger partial charge >= 0.3 is 0 Å². The number of para-hydroxylation sites is 2. The molecule has 0 aliphatic carbocycles. The van der Waals surface area contributed by atoms with Gasteiger partial charge in [-0.1, -0.05) is 73.7 Å². The number of amides is 2. The van der Waals surface area contributed by atoms with Gasteiger partial charge in [-0.05, 0) is 60.0 Å². The Morgan fingerprint density at radius 2 is 1.69 bits per heavy atom. The molecule has 0 saturated carbocycles. The number of carbonyl (C=O) groups excluding carboxylic acids is 2. The van der Waals surface area contributed by atoms with Gasteiger partial charge in [-0.15, -0.1) is 0 Å². The van der Waals surface area contributed by atoms with Crippen molar-refractivity contribution in [1.82, 2.24) is 4.90 Å². The second-order valence-corrected chi connectivity index (χ2v) is 19.2. The monoisotopic (exact) mass is 706 g/mol. The second-order valence-electron chi connectivity index (χ2n) is 14.4. The molecule has 0 bridgehead atoms. The van der Waals surface area contributed by atoms with Gasteiger partial charge in [-0.2, -0.15) is 0 Å². The number of aliphatic hydroxyl groups is 1. The van der Waals surface area contributed by atoms with E-state index in [1.165, 1.54) is 10.8 Å². The molecule has 0 aromatic heterocycles. The average Bonchev–Trinajstić information content (AvgIpc) is 3.16. The molecule has 3 aliphatic rings. The first-order valence-corrected chi connectivity index (χ1v) is 20.7. The van der Waals surface area contributed by atoms with Crippen LogP contribution in [0.3, 0.4) is 0 Å². The standard InChI is InChI=1S/C41H46N2O7Si/c1-26-40(48-3)33-21-29(43-34-12-8-9-13-36(34)49-25-39(43)46)14-19-35(33)50-41(26)37(51(4,5)32-17-15-31(47-2)16-18-32)22-38(45)42-23-28-11-7-6-10-27(28)20-30(42)24-44/h6-19,21,26,30,37,40-41,44H,20,22-25H2,1-5H3/t26-,30-,37?,40-,41-/m0/s1. The van der Waals surface area contributed by atoms with Crippen LogP contribution in [0.4, 0.5) is 11.4 Å². The van der Waals surface area contributed by atoms with Crippen molar-refractivity contribution in [3.63, 3.8) is 0 Å². The van der Waals surface area contributed by atoms with Crippen LogP contribution in [0.5, 0.6) is 17.2 Å². The summed E-state index contributed by atoms with van der Waals surface area (Å²) in [7, 11) is 0.899. The third kappa shape index (κ3) is 6.41. The van der Waals surface area contributed by atoms with Crippen LogP contribution in [0.15, 0.2) is 91.0 Å². The highest BCUT2D eigenvalue weighted by Crippen LogP contribution is 2.49. The molecule has 4 aromatic carbocycles. The molecule has 0 radical (unpaired) electrons. The molecule has 3 heterocycles. The number of fused-ring (bicyclic) bond motifs is 3. The quantitative estimate of drug-likeness (QED) is 0.208. The number of nitrogens with zero attached hydrogens (tertiary/aromatic N) is 2. The van der Waals surface area contributed by atoms with E-state index in [-0.39, 0.29) is 61.2 Å². The molecule has 4 aromatic rings. The van der Waals surface area contributed by atoms with Crippen molar-refractivity contribution in [3.05, 3.63) is 108 Å². The highest BCUT2D eigenvalue weighted by Gasteiger charge is 2.49. The van der Waals surface area contributed by atoms with Crippen molar-refractivity contribution in [2.24, 2.45) is 5.92 Å². The molecule has 0 saturated heterocycles. The molecular formula is C41H46N2O7Si. The summed E-state index contributed by atoms with van der Waals surface area (Å²) in [4.78, 5) is 31.3. The zero-order valence-corrected chi connectivity index (χ0v) is 30.9. The van der Waals surface area contributed by atoms with Crippen LogP contribution in [-0.2, 0) is 27.3 Å². The molecule has 7 rings (SSSR count). The number of benzene rings is 4. The lowest BCUT2D eigenvalue weighted by Crippen LogP contribution is -2.56. The van der Waals surface area contributed by atoms with Gasteiger partial charge in [-0.25, -0.2) is 0 Å². The highest BCUT2D eigenvalue weighted by molar-refractivity contribution is 6.91. The molecule has 266 valence electrons. The minimum atomic E-state index is -2.47. The molecule has 1 N–H and O–H groups in total. The Balaban J connectivity index is 1.25. The van der Waals surface area contributed by atoms with Crippen molar-refractivity contribution in [1.29, 1.82) is 0 Å². The fourth-order valence-electron chi connectivity index (χ4n) is 8.25. The van der Waals surface area contributed by atoms with Crippen LogP contribution in [-0.4, -0.2) is 69.5 Å². The number of anilines is 2. The van der Waals surface area contributed by atoms with Crippen LogP contribution < -0.4 is 24.3 Å². The van der Waals surface area contributed by atoms with Gasteiger partial charge in [0, 0.05) is 42.8 Å². The smallest absolute Gasteiger partial charge is 0.269 e. The first-order valence-electron chi connectivity index (χ1n) is 17.6. The minimum Gasteiger partial charge on any atom is -0.497 e.